The number of benzene rings is 1. The number of halogens is 1. The van der Waals surface area contributed by atoms with Gasteiger partial charge in [-0.15, -0.1) is 0 Å². The smallest absolute Gasteiger partial charge is 0.146 e. The zero-order valence-corrected chi connectivity index (χ0v) is 10.6. The molecular weight excluding hydrogens is 221 g/mol. The highest BCUT2D eigenvalue weighted by molar-refractivity contribution is 5.49. The molecule has 4 heteroatoms. The molecule has 1 aromatic carbocycles. The third kappa shape index (κ3) is 5.04. The second-order valence-electron chi connectivity index (χ2n) is 4.24. The maximum absolute atomic E-state index is 13.4. The van der Waals surface area contributed by atoms with Crippen molar-refractivity contribution in [2.75, 3.05) is 32.2 Å². The molecule has 0 aliphatic carbocycles. The van der Waals surface area contributed by atoms with Crippen LogP contribution in [0.4, 0.5) is 10.1 Å². The number of nitrogens with one attached hydrogen (secondary N) is 1. The predicted octanol–water partition coefficient (Wildman–Crippen LogP) is 2.92. The third-order valence-electron chi connectivity index (χ3n) is 2.19. The summed E-state index contributed by atoms with van der Waals surface area (Å²) in [5.41, 5.74) is 0.442. The molecule has 17 heavy (non-hydrogen) atoms. The number of hydrogen-bond donors (Lipinski definition) is 1. The lowest BCUT2D eigenvalue weighted by Gasteiger charge is -2.10. The van der Waals surface area contributed by atoms with Crippen LogP contribution in [0, 0.1) is 11.7 Å². The Morgan fingerprint density at radius 2 is 2.12 bits per heavy atom. The second-order valence-corrected chi connectivity index (χ2v) is 4.24. The van der Waals surface area contributed by atoms with Crippen molar-refractivity contribution in [3.63, 3.8) is 0 Å². The Hall–Kier alpha value is -1.29. The summed E-state index contributed by atoms with van der Waals surface area (Å²) in [6.45, 7) is 6.05. The highest BCUT2D eigenvalue weighted by atomic mass is 19.1. The van der Waals surface area contributed by atoms with Gasteiger partial charge in [-0.2, -0.15) is 0 Å². The Morgan fingerprint density at radius 3 is 2.76 bits per heavy atom. The molecule has 0 aliphatic rings. The van der Waals surface area contributed by atoms with E-state index in [0.717, 1.165) is 6.61 Å². The molecule has 1 rings (SSSR count). The zero-order chi connectivity index (χ0) is 12.7. The van der Waals surface area contributed by atoms with Crippen LogP contribution in [0.25, 0.3) is 0 Å². The van der Waals surface area contributed by atoms with Gasteiger partial charge in [0.25, 0.3) is 0 Å². The van der Waals surface area contributed by atoms with Crippen LogP contribution in [-0.2, 0) is 4.74 Å². The van der Waals surface area contributed by atoms with Crippen molar-refractivity contribution >= 4 is 5.69 Å². The van der Waals surface area contributed by atoms with Crippen molar-refractivity contribution in [1.82, 2.24) is 0 Å². The molecule has 0 fully saturated rings. The highest BCUT2D eigenvalue weighted by Gasteiger charge is 2.03. The Kier molecular flexibility index (Phi) is 5.77. The van der Waals surface area contributed by atoms with E-state index in [9.17, 15) is 4.39 Å². The molecule has 1 N–H and O–H groups in total. The van der Waals surface area contributed by atoms with E-state index >= 15 is 0 Å². The lowest BCUT2D eigenvalue weighted by atomic mass is 10.2. The van der Waals surface area contributed by atoms with E-state index in [4.69, 9.17) is 9.47 Å². The molecule has 0 amide bonds. The minimum absolute atomic E-state index is 0.283. The first-order valence-corrected chi connectivity index (χ1v) is 5.78. The molecule has 96 valence electrons. The number of hydrogen-bond acceptors (Lipinski definition) is 3. The summed E-state index contributed by atoms with van der Waals surface area (Å²) < 4.78 is 23.8. The molecular formula is C13H20FNO2. The van der Waals surface area contributed by atoms with Crippen LogP contribution in [0.1, 0.15) is 13.8 Å². The van der Waals surface area contributed by atoms with Crippen molar-refractivity contribution in [3.05, 3.63) is 24.0 Å². The van der Waals surface area contributed by atoms with E-state index in [1.54, 1.807) is 19.2 Å². The quantitative estimate of drug-likeness (QED) is 0.744. The van der Waals surface area contributed by atoms with Crippen LogP contribution in [0.15, 0.2) is 18.2 Å². The SMILES string of the molecule is COc1ccc(F)c(NCCOCC(C)C)c1. The predicted molar refractivity (Wildman–Crippen MR) is 67.1 cm³/mol. The van der Waals surface area contributed by atoms with Crippen molar-refractivity contribution in [3.8, 4) is 5.75 Å². The summed E-state index contributed by atoms with van der Waals surface area (Å²) >= 11 is 0. The first kappa shape index (κ1) is 13.8. The van der Waals surface area contributed by atoms with Crippen LogP contribution in [0.2, 0.25) is 0 Å². The van der Waals surface area contributed by atoms with Gasteiger partial charge in [-0.1, -0.05) is 13.8 Å². The van der Waals surface area contributed by atoms with E-state index < -0.39 is 0 Å². The third-order valence-corrected chi connectivity index (χ3v) is 2.19. The van der Waals surface area contributed by atoms with E-state index in [1.807, 2.05) is 0 Å². The van der Waals surface area contributed by atoms with Gasteiger partial charge in [-0.25, -0.2) is 4.39 Å². The zero-order valence-electron chi connectivity index (χ0n) is 10.6. The highest BCUT2D eigenvalue weighted by Crippen LogP contribution is 2.20. The molecule has 0 spiro atoms. The second kappa shape index (κ2) is 7.12. The van der Waals surface area contributed by atoms with Crippen LogP contribution in [-0.4, -0.2) is 26.9 Å². The molecule has 0 aromatic heterocycles. The fourth-order valence-electron chi connectivity index (χ4n) is 1.34. The molecule has 0 saturated heterocycles. The first-order chi connectivity index (χ1) is 8.13. The van der Waals surface area contributed by atoms with E-state index in [0.29, 0.717) is 30.5 Å². The Bertz CT molecular complexity index is 342. The molecule has 0 aliphatic heterocycles. The number of anilines is 1. The van der Waals surface area contributed by atoms with Gasteiger partial charge in [-0.05, 0) is 18.1 Å². The van der Waals surface area contributed by atoms with Gasteiger partial charge in [-0.3, -0.25) is 0 Å². The topological polar surface area (TPSA) is 30.5 Å². The summed E-state index contributed by atoms with van der Waals surface area (Å²) in [7, 11) is 1.56. The molecule has 0 heterocycles. The van der Waals surface area contributed by atoms with Gasteiger partial charge in [0.15, 0.2) is 0 Å². The fourth-order valence-corrected chi connectivity index (χ4v) is 1.34. The minimum Gasteiger partial charge on any atom is -0.497 e. The van der Waals surface area contributed by atoms with Gasteiger partial charge in [0.1, 0.15) is 11.6 Å². The van der Waals surface area contributed by atoms with E-state index in [-0.39, 0.29) is 5.82 Å². The summed E-state index contributed by atoms with van der Waals surface area (Å²) in [5.74, 6) is 0.871. The van der Waals surface area contributed by atoms with Gasteiger partial charge in [0.05, 0.1) is 19.4 Å². The maximum atomic E-state index is 13.4. The minimum atomic E-state index is -0.283. The van der Waals surface area contributed by atoms with Crippen LogP contribution in [0.3, 0.4) is 0 Å². The Labute approximate surface area is 102 Å². The average Bonchev–Trinajstić information content (AvgIpc) is 2.30. The molecule has 1 aromatic rings. The lowest BCUT2D eigenvalue weighted by molar-refractivity contribution is 0.118. The summed E-state index contributed by atoms with van der Waals surface area (Å²) in [6, 6.07) is 4.61. The summed E-state index contributed by atoms with van der Waals surface area (Å²) in [4.78, 5) is 0. The molecule has 0 unspecified atom stereocenters. The Morgan fingerprint density at radius 1 is 1.35 bits per heavy atom. The number of ether oxygens (including phenoxy) is 2. The van der Waals surface area contributed by atoms with E-state index in [1.165, 1.54) is 6.07 Å². The van der Waals surface area contributed by atoms with Crippen LogP contribution >= 0.6 is 0 Å². The van der Waals surface area contributed by atoms with Crippen LogP contribution < -0.4 is 10.1 Å². The number of methoxy groups -OCH3 is 1. The lowest BCUT2D eigenvalue weighted by Crippen LogP contribution is -2.12. The van der Waals surface area contributed by atoms with Crippen molar-refractivity contribution in [2.24, 2.45) is 5.92 Å². The fraction of sp³-hybridized carbons (Fsp3) is 0.538. The van der Waals surface area contributed by atoms with Gasteiger partial charge < -0.3 is 14.8 Å². The normalized spacial score (nSPS) is 10.6. The molecule has 0 radical (unpaired) electrons. The maximum Gasteiger partial charge on any atom is 0.146 e. The molecule has 3 nitrogen and oxygen atoms in total. The largest absolute Gasteiger partial charge is 0.497 e. The standard InChI is InChI=1S/C13H20FNO2/c1-10(2)9-17-7-6-15-13-8-11(16-3)4-5-12(13)14/h4-5,8,10,15H,6-7,9H2,1-3H3. The molecule has 0 saturated carbocycles. The van der Waals surface area contributed by atoms with Gasteiger partial charge >= 0.3 is 0 Å². The molecule has 0 bridgehead atoms. The van der Waals surface area contributed by atoms with Gasteiger partial charge in [0, 0.05) is 19.2 Å². The van der Waals surface area contributed by atoms with E-state index in [2.05, 4.69) is 19.2 Å². The first-order valence-electron chi connectivity index (χ1n) is 5.78. The van der Waals surface area contributed by atoms with Crippen molar-refractivity contribution in [2.45, 2.75) is 13.8 Å². The van der Waals surface area contributed by atoms with Crippen molar-refractivity contribution < 1.29 is 13.9 Å². The van der Waals surface area contributed by atoms with Gasteiger partial charge in [0.2, 0.25) is 0 Å². The average molecular weight is 241 g/mol. The van der Waals surface area contributed by atoms with Crippen LogP contribution in [0.5, 0.6) is 5.75 Å². The Balaban J connectivity index is 2.35. The molecule has 0 atom stereocenters. The number of rotatable bonds is 7. The monoisotopic (exact) mass is 241 g/mol. The van der Waals surface area contributed by atoms with Crippen molar-refractivity contribution in [1.29, 1.82) is 0 Å². The summed E-state index contributed by atoms with van der Waals surface area (Å²) in [5, 5.41) is 2.98. The summed E-state index contributed by atoms with van der Waals surface area (Å²) in [6.07, 6.45) is 0.